The smallest absolute Gasteiger partial charge is 0.141 e. The average molecular weight is 226 g/mol. The Kier molecular flexibility index (Phi) is 3.99. The molecular weight excluding hydrogens is 207 g/mol. The van der Waals surface area contributed by atoms with Gasteiger partial charge in [0.2, 0.25) is 0 Å². The Morgan fingerprint density at radius 1 is 1.38 bits per heavy atom. The number of pyridine rings is 1. The van der Waals surface area contributed by atoms with Crippen LogP contribution in [0.3, 0.4) is 0 Å². The molecule has 2 unspecified atom stereocenters. The van der Waals surface area contributed by atoms with Gasteiger partial charge in [-0.15, -0.1) is 0 Å². The van der Waals surface area contributed by atoms with Gasteiger partial charge < -0.3 is 10.4 Å². The van der Waals surface area contributed by atoms with Gasteiger partial charge in [-0.3, -0.25) is 4.98 Å². The van der Waals surface area contributed by atoms with Crippen LogP contribution in [0.5, 0.6) is 0 Å². The third-order valence-electron chi connectivity index (χ3n) is 2.86. The van der Waals surface area contributed by atoms with Crippen LogP contribution >= 0.6 is 0 Å². The maximum atomic E-state index is 13.0. The van der Waals surface area contributed by atoms with E-state index in [9.17, 15) is 9.50 Å². The highest BCUT2D eigenvalue weighted by Crippen LogP contribution is 2.18. The molecule has 0 radical (unpaired) electrons. The van der Waals surface area contributed by atoms with Gasteiger partial charge in [0, 0.05) is 17.8 Å². The zero-order valence-electron chi connectivity index (χ0n) is 10.2. The van der Waals surface area contributed by atoms with Gasteiger partial charge in [0.1, 0.15) is 5.82 Å². The van der Waals surface area contributed by atoms with Gasteiger partial charge >= 0.3 is 0 Å². The number of rotatable bonds is 4. The highest BCUT2D eigenvalue weighted by Gasteiger charge is 2.26. The minimum absolute atomic E-state index is 0.0622. The third kappa shape index (κ3) is 3.25. The molecule has 1 aromatic heterocycles. The molecule has 0 saturated heterocycles. The van der Waals surface area contributed by atoms with Gasteiger partial charge in [-0.05, 0) is 39.3 Å². The first kappa shape index (κ1) is 13.1. The van der Waals surface area contributed by atoms with E-state index in [0.717, 1.165) is 5.56 Å². The number of halogens is 1. The second kappa shape index (κ2) is 4.89. The van der Waals surface area contributed by atoms with Crippen molar-refractivity contribution in [2.75, 3.05) is 0 Å². The van der Waals surface area contributed by atoms with E-state index in [0.29, 0.717) is 0 Å². The second-order valence-electron chi connectivity index (χ2n) is 4.70. The van der Waals surface area contributed by atoms with Crippen molar-refractivity contribution in [3.63, 3.8) is 0 Å². The fourth-order valence-corrected chi connectivity index (χ4v) is 1.43. The maximum absolute atomic E-state index is 13.0. The zero-order chi connectivity index (χ0) is 12.3. The Morgan fingerprint density at radius 3 is 2.50 bits per heavy atom. The van der Waals surface area contributed by atoms with Crippen molar-refractivity contribution < 1.29 is 9.50 Å². The van der Waals surface area contributed by atoms with Crippen LogP contribution in [0.15, 0.2) is 18.5 Å². The molecule has 0 aromatic carbocycles. The monoisotopic (exact) mass is 226 g/mol. The standard InChI is InChI=1S/C12H19FN2O/c1-8(15-12(3,4)9(2)16)10-5-11(13)7-14-6-10/h5-9,15-16H,1-4H3. The van der Waals surface area contributed by atoms with Gasteiger partial charge in [-0.1, -0.05) is 0 Å². The van der Waals surface area contributed by atoms with Gasteiger partial charge in [-0.25, -0.2) is 4.39 Å². The molecule has 90 valence electrons. The van der Waals surface area contributed by atoms with Crippen LogP contribution in [0.4, 0.5) is 4.39 Å². The number of hydrogen-bond acceptors (Lipinski definition) is 3. The van der Waals surface area contributed by atoms with Crippen molar-refractivity contribution in [2.24, 2.45) is 0 Å². The van der Waals surface area contributed by atoms with E-state index in [-0.39, 0.29) is 11.9 Å². The first-order valence-corrected chi connectivity index (χ1v) is 5.39. The summed E-state index contributed by atoms with van der Waals surface area (Å²) in [6, 6.07) is 1.38. The summed E-state index contributed by atoms with van der Waals surface area (Å²) < 4.78 is 13.0. The van der Waals surface area contributed by atoms with E-state index in [1.807, 2.05) is 20.8 Å². The van der Waals surface area contributed by atoms with E-state index in [4.69, 9.17) is 0 Å². The molecule has 1 heterocycles. The van der Waals surface area contributed by atoms with Crippen LogP contribution in [0.25, 0.3) is 0 Å². The summed E-state index contributed by atoms with van der Waals surface area (Å²) in [6.45, 7) is 7.45. The van der Waals surface area contributed by atoms with E-state index in [1.54, 1.807) is 13.1 Å². The lowest BCUT2D eigenvalue weighted by atomic mass is 9.96. The molecule has 16 heavy (non-hydrogen) atoms. The third-order valence-corrected chi connectivity index (χ3v) is 2.86. The number of nitrogens with zero attached hydrogens (tertiary/aromatic N) is 1. The molecule has 2 atom stereocenters. The lowest BCUT2D eigenvalue weighted by molar-refractivity contribution is 0.0894. The lowest BCUT2D eigenvalue weighted by Gasteiger charge is -2.33. The quantitative estimate of drug-likeness (QED) is 0.825. The Balaban J connectivity index is 2.76. The van der Waals surface area contributed by atoms with Crippen LogP contribution in [0, 0.1) is 5.82 Å². The van der Waals surface area contributed by atoms with Crippen molar-refractivity contribution in [3.05, 3.63) is 29.8 Å². The fraction of sp³-hybridized carbons (Fsp3) is 0.583. The molecule has 0 fully saturated rings. The fourth-order valence-electron chi connectivity index (χ4n) is 1.43. The van der Waals surface area contributed by atoms with Crippen molar-refractivity contribution in [3.8, 4) is 0 Å². The molecule has 3 nitrogen and oxygen atoms in total. The minimum atomic E-state index is -0.489. The molecular formula is C12H19FN2O. The minimum Gasteiger partial charge on any atom is -0.392 e. The first-order valence-electron chi connectivity index (χ1n) is 5.39. The van der Waals surface area contributed by atoms with Crippen molar-refractivity contribution in [2.45, 2.75) is 45.4 Å². The zero-order valence-corrected chi connectivity index (χ0v) is 10.2. The topological polar surface area (TPSA) is 45.1 Å². The normalized spacial score (nSPS) is 15.9. The number of aliphatic hydroxyl groups excluding tert-OH is 1. The summed E-state index contributed by atoms with van der Waals surface area (Å²) in [4.78, 5) is 3.80. The molecule has 0 amide bonds. The van der Waals surface area contributed by atoms with Crippen LogP contribution in [-0.4, -0.2) is 21.7 Å². The van der Waals surface area contributed by atoms with E-state index in [2.05, 4.69) is 10.3 Å². The van der Waals surface area contributed by atoms with Crippen molar-refractivity contribution in [1.29, 1.82) is 0 Å². The van der Waals surface area contributed by atoms with Crippen LogP contribution < -0.4 is 5.32 Å². The summed E-state index contributed by atoms with van der Waals surface area (Å²) in [5, 5.41) is 12.8. The Hall–Kier alpha value is -1.00. The number of hydrogen-bond donors (Lipinski definition) is 2. The SMILES string of the molecule is CC(NC(C)(C)C(C)O)c1cncc(F)c1. The van der Waals surface area contributed by atoms with Gasteiger partial charge in [0.05, 0.1) is 12.3 Å². The molecule has 2 N–H and O–H groups in total. The van der Waals surface area contributed by atoms with Crippen LogP contribution in [-0.2, 0) is 0 Å². The highest BCUT2D eigenvalue weighted by molar-refractivity contribution is 5.15. The molecule has 0 saturated carbocycles. The van der Waals surface area contributed by atoms with E-state index < -0.39 is 11.6 Å². The molecule has 4 heteroatoms. The summed E-state index contributed by atoms with van der Waals surface area (Å²) in [6.07, 6.45) is 2.31. The van der Waals surface area contributed by atoms with Gasteiger partial charge in [0.15, 0.2) is 0 Å². The predicted octanol–water partition coefficient (Wildman–Crippen LogP) is 2.03. The highest BCUT2D eigenvalue weighted by atomic mass is 19.1. The summed E-state index contributed by atoms with van der Waals surface area (Å²) in [7, 11) is 0. The summed E-state index contributed by atoms with van der Waals surface area (Å²) in [5.41, 5.74) is 0.347. The predicted molar refractivity (Wildman–Crippen MR) is 61.5 cm³/mol. The summed E-state index contributed by atoms with van der Waals surface area (Å²) in [5.74, 6) is -0.346. The number of nitrogens with one attached hydrogen (secondary N) is 1. The molecule has 0 spiro atoms. The first-order chi connectivity index (χ1) is 7.33. The molecule has 1 aromatic rings. The lowest BCUT2D eigenvalue weighted by Crippen LogP contribution is -2.49. The Bertz CT molecular complexity index is 353. The number of aromatic nitrogens is 1. The van der Waals surface area contributed by atoms with E-state index >= 15 is 0 Å². The molecule has 0 aliphatic heterocycles. The number of aliphatic hydroxyl groups is 1. The molecule has 0 aliphatic carbocycles. The Labute approximate surface area is 95.7 Å². The van der Waals surface area contributed by atoms with Gasteiger partial charge in [-0.2, -0.15) is 0 Å². The second-order valence-corrected chi connectivity index (χ2v) is 4.70. The van der Waals surface area contributed by atoms with Crippen LogP contribution in [0.1, 0.15) is 39.3 Å². The maximum Gasteiger partial charge on any atom is 0.141 e. The molecule has 0 aliphatic rings. The molecule has 1 rings (SSSR count). The van der Waals surface area contributed by atoms with Gasteiger partial charge in [0.25, 0.3) is 0 Å². The average Bonchev–Trinajstić information content (AvgIpc) is 2.16. The van der Waals surface area contributed by atoms with Crippen LogP contribution in [0.2, 0.25) is 0 Å². The van der Waals surface area contributed by atoms with E-state index in [1.165, 1.54) is 12.3 Å². The molecule has 0 bridgehead atoms. The Morgan fingerprint density at radius 2 is 2.00 bits per heavy atom. The summed E-state index contributed by atoms with van der Waals surface area (Å²) >= 11 is 0. The van der Waals surface area contributed by atoms with Crippen molar-refractivity contribution >= 4 is 0 Å². The van der Waals surface area contributed by atoms with Crippen molar-refractivity contribution in [1.82, 2.24) is 10.3 Å². The largest absolute Gasteiger partial charge is 0.392 e.